The first-order valence-electron chi connectivity index (χ1n) is 9.01. The van der Waals surface area contributed by atoms with Crippen molar-refractivity contribution in [3.8, 4) is 0 Å². The van der Waals surface area contributed by atoms with Gasteiger partial charge in [0.25, 0.3) is 0 Å². The molecule has 7 heteroatoms. The third-order valence-electron chi connectivity index (χ3n) is 5.25. The highest BCUT2D eigenvalue weighted by Gasteiger charge is 2.45. The lowest BCUT2D eigenvalue weighted by Gasteiger charge is -2.31. The zero-order chi connectivity index (χ0) is 17.7. The fraction of sp³-hybridized carbons (Fsp3) is 0.941. The average molecular weight is 343 g/mol. The van der Waals surface area contributed by atoms with Crippen LogP contribution in [0.4, 0.5) is 0 Å². The highest BCUT2D eigenvalue weighted by atomic mass is 16.5. The molecule has 4 atom stereocenters. The maximum absolute atomic E-state index is 12.2. The maximum atomic E-state index is 12.2. The number of aliphatic hydroxyl groups excluding tert-OH is 2. The highest BCUT2D eigenvalue weighted by Crippen LogP contribution is 2.26. The van der Waals surface area contributed by atoms with E-state index in [4.69, 9.17) is 4.74 Å². The van der Waals surface area contributed by atoms with Gasteiger partial charge in [-0.3, -0.25) is 9.69 Å². The fourth-order valence-corrected chi connectivity index (χ4v) is 3.73. The van der Waals surface area contributed by atoms with Gasteiger partial charge in [0.15, 0.2) is 0 Å². The SMILES string of the molecule is CN(C)CCN(C)C1C(CNC(=O)C2CCCC2)OC(CO)C1O. The molecule has 2 rings (SSSR count). The van der Waals surface area contributed by atoms with E-state index in [1.807, 2.05) is 21.1 Å². The largest absolute Gasteiger partial charge is 0.394 e. The van der Waals surface area contributed by atoms with E-state index in [0.717, 1.165) is 38.8 Å². The fourth-order valence-electron chi connectivity index (χ4n) is 3.73. The van der Waals surface area contributed by atoms with E-state index in [1.54, 1.807) is 0 Å². The molecule has 4 unspecified atom stereocenters. The van der Waals surface area contributed by atoms with Crippen LogP contribution in [0.15, 0.2) is 0 Å². The first-order chi connectivity index (χ1) is 11.4. The monoisotopic (exact) mass is 343 g/mol. The summed E-state index contributed by atoms with van der Waals surface area (Å²) in [6.07, 6.45) is 2.52. The summed E-state index contributed by atoms with van der Waals surface area (Å²) in [5, 5.41) is 22.9. The van der Waals surface area contributed by atoms with Crippen molar-refractivity contribution in [2.24, 2.45) is 5.92 Å². The van der Waals surface area contributed by atoms with E-state index in [2.05, 4.69) is 15.1 Å². The summed E-state index contributed by atoms with van der Waals surface area (Å²) in [5.74, 6) is 0.211. The number of carbonyl (C=O) groups excluding carboxylic acids is 1. The summed E-state index contributed by atoms with van der Waals surface area (Å²) in [5.41, 5.74) is 0. The second-order valence-electron chi connectivity index (χ2n) is 7.39. The first kappa shape index (κ1) is 19.6. The summed E-state index contributed by atoms with van der Waals surface area (Å²) >= 11 is 0. The van der Waals surface area contributed by atoms with E-state index in [-0.39, 0.29) is 30.6 Å². The Labute approximate surface area is 144 Å². The zero-order valence-corrected chi connectivity index (χ0v) is 15.1. The molecule has 0 aromatic carbocycles. The minimum Gasteiger partial charge on any atom is -0.394 e. The molecule has 0 bridgehead atoms. The molecule has 0 spiro atoms. The summed E-state index contributed by atoms with van der Waals surface area (Å²) < 4.78 is 5.81. The van der Waals surface area contributed by atoms with E-state index in [0.29, 0.717) is 6.54 Å². The van der Waals surface area contributed by atoms with Gasteiger partial charge < -0.3 is 25.2 Å². The Morgan fingerprint density at radius 1 is 1.17 bits per heavy atom. The second kappa shape index (κ2) is 9.10. The van der Waals surface area contributed by atoms with Crippen molar-refractivity contribution in [3.05, 3.63) is 0 Å². The van der Waals surface area contributed by atoms with Gasteiger partial charge in [0.05, 0.1) is 18.8 Å². The molecule has 7 nitrogen and oxygen atoms in total. The molecule has 1 saturated carbocycles. The van der Waals surface area contributed by atoms with Crippen molar-refractivity contribution in [2.75, 3.05) is 47.4 Å². The molecule has 2 aliphatic rings. The molecule has 3 N–H and O–H groups in total. The molecule has 0 aromatic rings. The van der Waals surface area contributed by atoms with Crippen LogP contribution < -0.4 is 5.32 Å². The molecule has 0 radical (unpaired) electrons. The number of rotatable bonds is 8. The van der Waals surface area contributed by atoms with Crippen molar-refractivity contribution in [3.63, 3.8) is 0 Å². The van der Waals surface area contributed by atoms with Crippen LogP contribution in [0, 0.1) is 5.92 Å². The first-order valence-corrected chi connectivity index (χ1v) is 9.01. The standard InChI is InChI=1S/C17H33N3O4/c1-19(2)8-9-20(3)15-13(24-14(11-21)16(15)22)10-18-17(23)12-6-4-5-7-12/h12-16,21-22H,4-11H2,1-3H3,(H,18,23). The van der Waals surface area contributed by atoms with E-state index in [1.165, 1.54) is 0 Å². The molecule has 1 saturated heterocycles. The van der Waals surface area contributed by atoms with Crippen molar-refractivity contribution >= 4 is 5.91 Å². The minimum atomic E-state index is -0.754. The summed E-state index contributed by atoms with van der Waals surface area (Å²) in [7, 11) is 5.96. The molecule has 140 valence electrons. The van der Waals surface area contributed by atoms with Crippen LogP contribution in [0.2, 0.25) is 0 Å². The minimum absolute atomic E-state index is 0.0905. The lowest BCUT2D eigenvalue weighted by Crippen LogP contribution is -2.51. The van der Waals surface area contributed by atoms with Gasteiger partial charge in [-0.05, 0) is 34.0 Å². The van der Waals surface area contributed by atoms with Crippen LogP contribution in [-0.2, 0) is 9.53 Å². The van der Waals surface area contributed by atoms with Crippen LogP contribution in [-0.4, -0.2) is 97.7 Å². The van der Waals surface area contributed by atoms with Crippen LogP contribution >= 0.6 is 0 Å². The number of aliphatic hydroxyl groups is 2. The summed E-state index contributed by atoms with van der Waals surface area (Å²) in [6, 6.07) is -0.231. The van der Waals surface area contributed by atoms with Crippen molar-refractivity contribution in [2.45, 2.75) is 50.0 Å². The third-order valence-corrected chi connectivity index (χ3v) is 5.25. The van der Waals surface area contributed by atoms with E-state index >= 15 is 0 Å². The van der Waals surface area contributed by atoms with Gasteiger partial charge in [0.1, 0.15) is 12.2 Å². The quantitative estimate of drug-likeness (QED) is 0.539. The van der Waals surface area contributed by atoms with Crippen molar-refractivity contribution in [1.29, 1.82) is 0 Å². The summed E-state index contributed by atoms with van der Waals surface area (Å²) in [4.78, 5) is 16.4. The highest BCUT2D eigenvalue weighted by molar-refractivity contribution is 5.78. The maximum Gasteiger partial charge on any atom is 0.223 e. The summed E-state index contributed by atoms with van der Waals surface area (Å²) in [6.45, 7) is 1.81. The van der Waals surface area contributed by atoms with Crippen LogP contribution in [0.5, 0.6) is 0 Å². The van der Waals surface area contributed by atoms with Gasteiger partial charge >= 0.3 is 0 Å². The number of likely N-dealkylation sites (N-methyl/N-ethyl adjacent to an activating group) is 2. The molecule has 1 aliphatic heterocycles. The number of carbonyl (C=O) groups is 1. The molecule has 1 heterocycles. The normalized spacial score (nSPS) is 31.3. The molecular weight excluding hydrogens is 310 g/mol. The van der Waals surface area contributed by atoms with Crippen molar-refractivity contribution in [1.82, 2.24) is 15.1 Å². The van der Waals surface area contributed by atoms with Crippen molar-refractivity contribution < 1.29 is 19.7 Å². The topological polar surface area (TPSA) is 85.3 Å². The Balaban J connectivity index is 1.92. The molecular formula is C17H33N3O4. The number of ether oxygens (including phenoxy) is 1. The number of nitrogens with zero attached hydrogens (tertiary/aromatic N) is 2. The Hall–Kier alpha value is -0.730. The molecule has 1 aliphatic carbocycles. The van der Waals surface area contributed by atoms with Gasteiger partial charge in [-0.1, -0.05) is 12.8 Å². The Morgan fingerprint density at radius 3 is 2.42 bits per heavy atom. The van der Waals surface area contributed by atoms with E-state index in [9.17, 15) is 15.0 Å². The second-order valence-corrected chi connectivity index (χ2v) is 7.39. The molecule has 2 fully saturated rings. The number of hydrogen-bond acceptors (Lipinski definition) is 6. The third kappa shape index (κ3) is 4.89. The average Bonchev–Trinajstić information content (AvgIpc) is 3.18. The molecule has 24 heavy (non-hydrogen) atoms. The number of nitrogens with one attached hydrogen (secondary N) is 1. The predicted octanol–water partition coefficient (Wildman–Crippen LogP) is -0.725. The zero-order valence-electron chi connectivity index (χ0n) is 15.1. The predicted molar refractivity (Wildman–Crippen MR) is 91.7 cm³/mol. The van der Waals surface area contributed by atoms with E-state index < -0.39 is 12.2 Å². The molecule has 0 aromatic heterocycles. The van der Waals surface area contributed by atoms with Crippen LogP contribution in [0.3, 0.4) is 0 Å². The Bertz CT molecular complexity index is 401. The van der Waals surface area contributed by atoms with Gasteiger partial charge in [0.2, 0.25) is 5.91 Å². The van der Waals surface area contributed by atoms with Gasteiger partial charge in [0, 0.05) is 25.6 Å². The lowest BCUT2D eigenvalue weighted by molar-refractivity contribution is -0.125. The molecule has 1 amide bonds. The van der Waals surface area contributed by atoms with Gasteiger partial charge in [-0.15, -0.1) is 0 Å². The van der Waals surface area contributed by atoms with Crippen LogP contribution in [0.1, 0.15) is 25.7 Å². The van der Waals surface area contributed by atoms with Crippen LogP contribution in [0.25, 0.3) is 0 Å². The van der Waals surface area contributed by atoms with Gasteiger partial charge in [-0.2, -0.15) is 0 Å². The number of amides is 1. The lowest BCUT2D eigenvalue weighted by atomic mass is 10.0. The Kier molecular flexibility index (Phi) is 7.43. The Morgan fingerprint density at radius 2 is 1.83 bits per heavy atom. The smallest absolute Gasteiger partial charge is 0.223 e. The number of hydrogen-bond donors (Lipinski definition) is 3. The van der Waals surface area contributed by atoms with Gasteiger partial charge in [-0.25, -0.2) is 0 Å².